The van der Waals surface area contributed by atoms with Crippen LogP contribution in [0.15, 0.2) is 41.5 Å². The van der Waals surface area contributed by atoms with Gasteiger partial charge in [-0.1, -0.05) is 35.3 Å². The van der Waals surface area contributed by atoms with Crippen LogP contribution in [0.1, 0.15) is 22.8 Å². The number of rotatable bonds is 6. The highest BCUT2D eigenvalue weighted by molar-refractivity contribution is 6.34. The molecule has 0 spiro atoms. The molecule has 1 N–H and O–H groups in total. The molecule has 0 atom stereocenters. The van der Waals surface area contributed by atoms with E-state index in [1.54, 1.807) is 36.4 Å². The van der Waals surface area contributed by atoms with Crippen molar-refractivity contribution in [1.29, 1.82) is 0 Å². The van der Waals surface area contributed by atoms with Gasteiger partial charge in [-0.15, -0.1) is 0 Å². The number of nitrogens with zero attached hydrogens (tertiary/aromatic N) is 1. The summed E-state index contributed by atoms with van der Waals surface area (Å²) in [6, 6.07) is 10.1. The van der Waals surface area contributed by atoms with Gasteiger partial charge < -0.3 is 9.47 Å². The lowest BCUT2D eigenvalue weighted by molar-refractivity contribution is 0.0955. The third-order valence-corrected chi connectivity index (χ3v) is 3.65. The molecule has 5 nitrogen and oxygen atoms in total. The number of halogens is 2. The number of amides is 1. The largest absolute Gasteiger partial charge is 0.493 e. The van der Waals surface area contributed by atoms with Gasteiger partial charge in [0.1, 0.15) is 0 Å². The van der Waals surface area contributed by atoms with E-state index >= 15 is 0 Å². The van der Waals surface area contributed by atoms with Crippen LogP contribution < -0.4 is 14.9 Å². The second kappa shape index (κ2) is 8.57. The van der Waals surface area contributed by atoms with Crippen molar-refractivity contribution in [2.75, 3.05) is 13.7 Å². The van der Waals surface area contributed by atoms with E-state index in [-0.39, 0.29) is 0 Å². The molecule has 0 aliphatic heterocycles. The predicted octanol–water partition coefficient (Wildman–Crippen LogP) is 4.16. The Labute approximate surface area is 150 Å². The number of methoxy groups -OCH3 is 1. The Bertz CT molecular complexity index is 763. The molecule has 0 saturated carbocycles. The monoisotopic (exact) mass is 366 g/mol. The van der Waals surface area contributed by atoms with Crippen LogP contribution in [0.3, 0.4) is 0 Å². The maximum Gasteiger partial charge on any atom is 0.272 e. The number of hydrogen-bond acceptors (Lipinski definition) is 4. The molecule has 0 aromatic heterocycles. The van der Waals surface area contributed by atoms with Crippen molar-refractivity contribution in [2.45, 2.75) is 6.92 Å². The Morgan fingerprint density at radius 1 is 1.25 bits per heavy atom. The minimum Gasteiger partial charge on any atom is -0.493 e. The van der Waals surface area contributed by atoms with Crippen LogP contribution in [0.4, 0.5) is 0 Å². The Balaban J connectivity index is 2.13. The molecular formula is C17H16Cl2N2O3. The van der Waals surface area contributed by atoms with Gasteiger partial charge in [0.25, 0.3) is 5.91 Å². The molecule has 0 heterocycles. The third-order valence-electron chi connectivity index (χ3n) is 3.04. The lowest BCUT2D eigenvalue weighted by Crippen LogP contribution is -2.17. The molecule has 7 heteroatoms. The Morgan fingerprint density at radius 3 is 2.67 bits per heavy atom. The van der Waals surface area contributed by atoms with E-state index in [2.05, 4.69) is 10.5 Å². The normalized spacial score (nSPS) is 10.7. The van der Waals surface area contributed by atoms with Crippen molar-refractivity contribution >= 4 is 35.3 Å². The van der Waals surface area contributed by atoms with E-state index in [1.165, 1.54) is 13.3 Å². The quantitative estimate of drug-likeness (QED) is 0.616. The highest BCUT2D eigenvalue weighted by atomic mass is 35.5. The van der Waals surface area contributed by atoms with Gasteiger partial charge >= 0.3 is 0 Å². The first kappa shape index (κ1) is 18.1. The minimum absolute atomic E-state index is 0.346. The number of benzene rings is 2. The summed E-state index contributed by atoms with van der Waals surface area (Å²) in [4.78, 5) is 12.0. The van der Waals surface area contributed by atoms with E-state index in [0.29, 0.717) is 39.3 Å². The summed E-state index contributed by atoms with van der Waals surface area (Å²) >= 11 is 12.1. The fraction of sp³-hybridized carbons (Fsp3) is 0.176. The highest BCUT2D eigenvalue weighted by Crippen LogP contribution is 2.35. The number of carbonyl (C=O) groups is 1. The maximum atomic E-state index is 12.0. The Hall–Kier alpha value is -2.24. The van der Waals surface area contributed by atoms with Gasteiger partial charge in [0, 0.05) is 0 Å². The zero-order valence-corrected chi connectivity index (χ0v) is 14.7. The van der Waals surface area contributed by atoms with Crippen LogP contribution in [-0.4, -0.2) is 25.8 Å². The zero-order chi connectivity index (χ0) is 17.5. The molecule has 0 saturated heterocycles. The van der Waals surface area contributed by atoms with E-state index in [1.807, 2.05) is 6.92 Å². The molecule has 2 aromatic rings. The van der Waals surface area contributed by atoms with Gasteiger partial charge in [0.05, 0.1) is 35.5 Å². The van der Waals surface area contributed by atoms with E-state index in [0.717, 1.165) is 0 Å². The predicted molar refractivity (Wildman–Crippen MR) is 95.7 cm³/mol. The SMILES string of the molecule is CCOc1c(Cl)cc(/C=N/NC(=O)c2ccccc2Cl)cc1OC. The van der Waals surface area contributed by atoms with Crippen molar-refractivity contribution in [1.82, 2.24) is 5.43 Å². The molecule has 2 aromatic carbocycles. The lowest BCUT2D eigenvalue weighted by Gasteiger charge is -2.11. The first-order chi connectivity index (χ1) is 11.6. The summed E-state index contributed by atoms with van der Waals surface area (Å²) in [7, 11) is 1.52. The van der Waals surface area contributed by atoms with Crippen molar-refractivity contribution in [2.24, 2.45) is 5.10 Å². The van der Waals surface area contributed by atoms with Gasteiger partial charge in [0.2, 0.25) is 0 Å². The number of hydrazone groups is 1. The topological polar surface area (TPSA) is 59.9 Å². The number of carbonyl (C=O) groups excluding carboxylic acids is 1. The highest BCUT2D eigenvalue weighted by Gasteiger charge is 2.11. The second-order valence-corrected chi connectivity index (χ2v) is 5.46. The van der Waals surface area contributed by atoms with Gasteiger partial charge in [-0.25, -0.2) is 5.43 Å². The summed E-state index contributed by atoms with van der Waals surface area (Å²) in [6.07, 6.45) is 1.46. The van der Waals surface area contributed by atoms with Gasteiger partial charge in [-0.2, -0.15) is 5.10 Å². The fourth-order valence-corrected chi connectivity index (χ4v) is 2.46. The van der Waals surface area contributed by atoms with Crippen LogP contribution in [0, 0.1) is 0 Å². The molecule has 0 radical (unpaired) electrons. The maximum absolute atomic E-state index is 12.0. The molecule has 0 aliphatic carbocycles. The average Bonchev–Trinajstić information content (AvgIpc) is 2.57. The molecule has 0 fully saturated rings. The van der Waals surface area contributed by atoms with Crippen LogP contribution in [0.5, 0.6) is 11.5 Å². The fourth-order valence-electron chi connectivity index (χ4n) is 1.97. The first-order valence-electron chi connectivity index (χ1n) is 7.15. The first-order valence-corrected chi connectivity index (χ1v) is 7.90. The molecule has 0 bridgehead atoms. The Morgan fingerprint density at radius 2 is 2.00 bits per heavy atom. The van der Waals surface area contributed by atoms with E-state index in [9.17, 15) is 4.79 Å². The van der Waals surface area contributed by atoms with Crippen molar-refractivity contribution < 1.29 is 14.3 Å². The van der Waals surface area contributed by atoms with Crippen molar-refractivity contribution in [3.8, 4) is 11.5 Å². The van der Waals surface area contributed by atoms with Gasteiger partial charge in [-0.3, -0.25) is 4.79 Å². The molecule has 2 rings (SSSR count). The lowest BCUT2D eigenvalue weighted by atomic mass is 10.2. The van der Waals surface area contributed by atoms with Crippen molar-refractivity contribution in [3.63, 3.8) is 0 Å². The standard InChI is InChI=1S/C17H16Cl2N2O3/c1-3-24-16-14(19)8-11(9-15(16)23-2)10-20-21-17(22)12-6-4-5-7-13(12)18/h4-10H,3H2,1-2H3,(H,21,22)/b20-10+. The van der Waals surface area contributed by atoms with Crippen molar-refractivity contribution in [3.05, 3.63) is 57.6 Å². The summed E-state index contributed by atoms with van der Waals surface area (Å²) < 4.78 is 10.7. The second-order valence-electron chi connectivity index (χ2n) is 4.65. The number of hydrogen-bond donors (Lipinski definition) is 1. The van der Waals surface area contributed by atoms with Crippen LogP contribution in [0.25, 0.3) is 0 Å². The zero-order valence-electron chi connectivity index (χ0n) is 13.2. The minimum atomic E-state index is -0.402. The molecule has 126 valence electrons. The van der Waals surface area contributed by atoms with Gasteiger partial charge in [-0.05, 0) is 36.8 Å². The Kier molecular flexibility index (Phi) is 6.46. The summed E-state index contributed by atoms with van der Waals surface area (Å²) in [6.45, 7) is 2.33. The smallest absolute Gasteiger partial charge is 0.272 e. The summed E-state index contributed by atoms with van der Waals surface area (Å²) in [5.74, 6) is 0.558. The van der Waals surface area contributed by atoms with Crippen LogP contribution >= 0.6 is 23.2 Å². The molecule has 1 amide bonds. The van der Waals surface area contributed by atoms with Gasteiger partial charge in [0.15, 0.2) is 11.5 Å². The summed E-state index contributed by atoms with van der Waals surface area (Å²) in [5.41, 5.74) is 3.41. The molecule has 0 aliphatic rings. The van der Waals surface area contributed by atoms with Crippen LogP contribution in [0.2, 0.25) is 10.0 Å². The third kappa shape index (κ3) is 4.40. The van der Waals surface area contributed by atoms with E-state index < -0.39 is 5.91 Å². The van der Waals surface area contributed by atoms with E-state index in [4.69, 9.17) is 32.7 Å². The summed E-state index contributed by atoms with van der Waals surface area (Å²) in [5, 5.41) is 4.67. The number of ether oxygens (including phenoxy) is 2. The molecule has 24 heavy (non-hydrogen) atoms. The number of nitrogens with one attached hydrogen (secondary N) is 1. The molecule has 0 unspecified atom stereocenters. The average molecular weight is 367 g/mol. The van der Waals surface area contributed by atoms with Crippen LogP contribution in [-0.2, 0) is 0 Å². The molecular weight excluding hydrogens is 351 g/mol.